The molecule has 0 bridgehead atoms. The summed E-state index contributed by atoms with van der Waals surface area (Å²) in [6.45, 7) is 4.07. The van der Waals surface area contributed by atoms with Crippen LogP contribution in [-0.4, -0.2) is 26.2 Å². The largest absolute Gasteiger partial charge is 0.486 e. The fourth-order valence-corrected chi connectivity index (χ4v) is 2.46. The van der Waals surface area contributed by atoms with Crippen molar-refractivity contribution >= 4 is 5.69 Å². The minimum absolute atomic E-state index is 0.303. The van der Waals surface area contributed by atoms with E-state index in [2.05, 4.69) is 10.2 Å². The maximum atomic E-state index is 14.1. The van der Waals surface area contributed by atoms with Gasteiger partial charge < -0.3 is 15.0 Å². The Morgan fingerprint density at radius 1 is 1.05 bits per heavy atom. The lowest BCUT2D eigenvalue weighted by Crippen LogP contribution is -2.43. The molecule has 2 aromatic carbocycles. The maximum Gasteiger partial charge on any atom is 0.167 e. The quantitative estimate of drug-likeness (QED) is 0.935. The average Bonchev–Trinajstić information content (AvgIpc) is 2.55. The lowest BCUT2D eigenvalue weighted by Gasteiger charge is -2.29. The fraction of sp³-hybridized carbons (Fsp3) is 0.294. The van der Waals surface area contributed by atoms with Crippen molar-refractivity contribution in [2.75, 3.05) is 31.1 Å². The molecule has 0 spiro atoms. The molecule has 1 aliphatic heterocycles. The van der Waals surface area contributed by atoms with Crippen LogP contribution in [0.15, 0.2) is 48.5 Å². The van der Waals surface area contributed by atoms with E-state index < -0.39 is 0 Å². The zero-order valence-electron chi connectivity index (χ0n) is 11.9. The van der Waals surface area contributed by atoms with Crippen molar-refractivity contribution in [3.8, 4) is 5.75 Å². The number of halogens is 1. The van der Waals surface area contributed by atoms with Gasteiger partial charge in [-0.15, -0.1) is 0 Å². The first-order chi connectivity index (χ1) is 10.3. The van der Waals surface area contributed by atoms with Crippen LogP contribution in [0.4, 0.5) is 10.1 Å². The van der Waals surface area contributed by atoms with Crippen LogP contribution in [0, 0.1) is 5.82 Å². The first kappa shape index (κ1) is 13.9. The topological polar surface area (TPSA) is 24.5 Å². The van der Waals surface area contributed by atoms with Crippen LogP contribution in [0.2, 0.25) is 0 Å². The Hall–Kier alpha value is -2.07. The zero-order chi connectivity index (χ0) is 14.5. The summed E-state index contributed by atoms with van der Waals surface area (Å²) in [6, 6.07) is 15.0. The van der Waals surface area contributed by atoms with Crippen LogP contribution in [0.1, 0.15) is 5.56 Å². The number of nitrogens with zero attached hydrogens (tertiary/aromatic N) is 1. The molecule has 1 heterocycles. The Morgan fingerprint density at radius 2 is 1.81 bits per heavy atom. The number of piperazine rings is 1. The third kappa shape index (κ3) is 3.52. The summed E-state index contributed by atoms with van der Waals surface area (Å²) in [4.78, 5) is 2.18. The van der Waals surface area contributed by atoms with Gasteiger partial charge in [0.2, 0.25) is 0 Å². The number of ether oxygens (including phenoxy) is 1. The van der Waals surface area contributed by atoms with E-state index in [1.807, 2.05) is 36.4 Å². The molecular formula is C17H19FN2O. The summed E-state index contributed by atoms with van der Waals surface area (Å²) in [5.41, 5.74) is 1.95. The minimum Gasteiger partial charge on any atom is -0.486 e. The fourth-order valence-electron chi connectivity index (χ4n) is 2.46. The van der Waals surface area contributed by atoms with Gasteiger partial charge in [-0.1, -0.05) is 30.3 Å². The van der Waals surface area contributed by atoms with Gasteiger partial charge in [-0.25, -0.2) is 4.39 Å². The summed E-state index contributed by atoms with van der Waals surface area (Å²) in [5, 5.41) is 3.29. The van der Waals surface area contributed by atoms with Gasteiger partial charge in [-0.3, -0.25) is 0 Å². The highest BCUT2D eigenvalue weighted by atomic mass is 19.1. The molecule has 0 aliphatic carbocycles. The summed E-state index contributed by atoms with van der Waals surface area (Å²) in [5.74, 6) is -0.000277. The van der Waals surface area contributed by atoms with Gasteiger partial charge in [0.25, 0.3) is 0 Å². The second-order valence-corrected chi connectivity index (χ2v) is 5.13. The first-order valence-electron chi connectivity index (χ1n) is 7.25. The second kappa shape index (κ2) is 6.59. The lowest BCUT2D eigenvalue weighted by atomic mass is 10.2. The maximum absolute atomic E-state index is 14.1. The normalized spacial score (nSPS) is 15.0. The third-order valence-electron chi connectivity index (χ3n) is 3.63. The molecule has 0 unspecified atom stereocenters. The van der Waals surface area contributed by atoms with Crippen molar-refractivity contribution in [2.24, 2.45) is 0 Å². The molecule has 0 aromatic heterocycles. The van der Waals surface area contributed by atoms with Gasteiger partial charge in [0.05, 0.1) is 0 Å². The number of hydrogen-bond acceptors (Lipinski definition) is 3. The Labute approximate surface area is 124 Å². The van der Waals surface area contributed by atoms with E-state index in [9.17, 15) is 4.39 Å². The van der Waals surface area contributed by atoms with E-state index in [-0.39, 0.29) is 5.82 Å². The molecule has 1 saturated heterocycles. The number of hydrogen-bond donors (Lipinski definition) is 1. The van der Waals surface area contributed by atoms with Crippen molar-refractivity contribution in [1.29, 1.82) is 0 Å². The standard InChI is InChI=1S/C17H19FN2O/c18-16-12-15(20-10-8-19-9-11-20)6-7-17(16)21-13-14-4-2-1-3-5-14/h1-7,12,19H,8-11,13H2. The summed E-state index contributed by atoms with van der Waals surface area (Å²) >= 11 is 0. The van der Waals surface area contributed by atoms with Gasteiger partial charge >= 0.3 is 0 Å². The van der Waals surface area contributed by atoms with Crippen LogP contribution >= 0.6 is 0 Å². The van der Waals surface area contributed by atoms with E-state index >= 15 is 0 Å². The highest BCUT2D eigenvalue weighted by Crippen LogP contribution is 2.24. The zero-order valence-corrected chi connectivity index (χ0v) is 11.9. The van der Waals surface area contributed by atoms with E-state index in [1.54, 1.807) is 12.1 Å². The van der Waals surface area contributed by atoms with Crippen LogP contribution in [0.5, 0.6) is 5.75 Å². The summed E-state index contributed by atoms with van der Waals surface area (Å²) in [7, 11) is 0. The van der Waals surface area contributed by atoms with E-state index in [4.69, 9.17) is 4.74 Å². The molecule has 3 rings (SSSR count). The van der Waals surface area contributed by atoms with Crippen molar-refractivity contribution in [2.45, 2.75) is 6.61 Å². The van der Waals surface area contributed by atoms with Crippen molar-refractivity contribution in [1.82, 2.24) is 5.32 Å². The second-order valence-electron chi connectivity index (χ2n) is 5.13. The molecule has 1 fully saturated rings. The SMILES string of the molecule is Fc1cc(N2CCNCC2)ccc1OCc1ccccc1. The first-order valence-corrected chi connectivity index (χ1v) is 7.25. The Kier molecular flexibility index (Phi) is 4.36. The number of benzene rings is 2. The molecule has 4 heteroatoms. The smallest absolute Gasteiger partial charge is 0.167 e. The predicted molar refractivity (Wildman–Crippen MR) is 82.3 cm³/mol. The molecule has 0 amide bonds. The molecule has 0 atom stereocenters. The van der Waals surface area contributed by atoms with Crippen LogP contribution in [-0.2, 0) is 6.61 Å². The Balaban J connectivity index is 1.66. The highest BCUT2D eigenvalue weighted by molar-refractivity contribution is 5.50. The minimum atomic E-state index is -0.304. The molecule has 0 saturated carbocycles. The number of rotatable bonds is 4. The molecule has 3 nitrogen and oxygen atoms in total. The van der Waals surface area contributed by atoms with Gasteiger partial charge in [0.15, 0.2) is 11.6 Å². The van der Waals surface area contributed by atoms with Crippen molar-refractivity contribution in [3.05, 3.63) is 59.9 Å². The average molecular weight is 286 g/mol. The Morgan fingerprint density at radius 3 is 2.52 bits per heavy atom. The van der Waals surface area contributed by atoms with Gasteiger partial charge in [-0.05, 0) is 17.7 Å². The summed E-state index contributed by atoms with van der Waals surface area (Å²) < 4.78 is 19.7. The molecule has 2 aromatic rings. The van der Waals surface area contributed by atoms with Crippen molar-refractivity contribution < 1.29 is 9.13 Å². The third-order valence-corrected chi connectivity index (χ3v) is 3.63. The monoisotopic (exact) mass is 286 g/mol. The lowest BCUT2D eigenvalue weighted by molar-refractivity contribution is 0.290. The molecule has 110 valence electrons. The van der Waals surface area contributed by atoms with Gasteiger partial charge in [0, 0.05) is 37.9 Å². The van der Waals surface area contributed by atoms with E-state index in [0.717, 1.165) is 37.4 Å². The predicted octanol–water partition coefficient (Wildman–Crippen LogP) is 2.81. The highest BCUT2D eigenvalue weighted by Gasteiger charge is 2.13. The van der Waals surface area contributed by atoms with Crippen LogP contribution < -0.4 is 15.0 Å². The van der Waals surface area contributed by atoms with Gasteiger partial charge in [0.1, 0.15) is 6.61 Å². The van der Waals surface area contributed by atoms with E-state index in [1.165, 1.54) is 0 Å². The summed E-state index contributed by atoms with van der Waals surface area (Å²) in [6.07, 6.45) is 0. The number of anilines is 1. The molecule has 0 radical (unpaired) electrons. The molecular weight excluding hydrogens is 267 g/mol. The van der Waals surface area contributed by atoms with Gasteiger partial charge in [-0.2, -0.15) is 0 Å². The molecule has 1 N–H and O–H groups in total. The van der Waals surface area contributed by atoms with Crippen LogP contribution in [0.25, 0.3) is 0 Å². The van der Waals surface area contributed by atoms with E-state index in [0.29, 0.717) is 12.4 Å². The van der Waals surface area contributed by atoms with Crippen molar-refractivity contribution in [3.63, 3.8) is 0 Å². The number of nitrogens with one attached hydrogen (secondary N) is 1. The van der Waals surface area contributed by atoms with Crippen LogP contribution in [0.3, 0.4) is 0 Å². The molecule has 21 heavy (non-hydrogen) atoms. The Bertz CT molecular complexity index is 583. The molecule has 1 aliphatic rings.